The number of aromatic nitrogens is 4. The second kappa shape index (κ2) is 9.59. The Balaban J connectivity index is 1.40. The highest BCUT2D eigenvalue weighted by atomic mass is 16.5. The van der Waals surface area contributed by atoms with E-state index in [0.717, 1.165) is 54.7 Å². The van der Waals surface area contributed by atoms with Gasteiger partial charge in [-0.25, -0.2) is 14.6 Å². The molecule has 3 aromatic rings. The molecule has 2 aromatic heterocycles. The van der Waals surface area contributed by atoms with Crippen LogP contribution in [0, 0.1) is 5.92 Å². The van der Waals surface area contributed by atoms with Crippen molar-refractivity contribution in [2.24, 2.45) is 5.92 Å². The van der Waals surface area contributed by atoms with Crippen molar-refractivity contribution in [3.05, 3.63) is 54.7 Å². The van der Waals surface area contributed by atoms with Crippen molar-refractivity contribution in [2.75, 3.05) is 30.4 Å². The Kier molecular flexibility index (Phi) is 6.45. The van der Waals surface area contributed by atoms with Gasteiger partial charge in [0, 0.05) is 19.5 Å². The summed E-state index contributed by atoms with van der Waals surface area (Å²) in [6.45, 7) is 4.25. The Labute approximate surface area is 182 Å². The van der Waals surface area contributed by atoms with Gasteiger partial charge in [0.15, 0.2) is 5.82 Å². The highest BCUT2D eigenvalue weighted by Gasteiger charge is 2.20. The van der Waals surface area contributed by atoms with Crippen LogP contribution in [-0.4, -0.2) is 45.9 Å². The van der Waals surface area contributed by atoms with Crippen LogP contribution in [0.25, 0.3) is 5.82 Å². The number of aryl methyl sites for hydroxylation is 1. The van der Waals surface area contributed by atoms with E-state index in [0.29, 0.717) is 18.5 Å². The molecule has 1 aromatic carbocycles. The number of carbonyl (C=O) groups excluding carboxylic acids is 1. The normalized spacial score (nSPS) is 14.5. The van der Waals surface area contributed by atoms with Crippen molar-refractivity contribution in [1.82, 2.24) is 19.7 Å². The summed E-state index contributed by atoms with van der Waals surface area (Å²) in [6, 6.07) is 7.76. The number of anilines is 2. The van der Waals surface area contributed by atoms with Crippen LogP contribution in [0.3, 0.4) is 0 Å². The third-order valence-electron chi connectivity index (χ3n) is 5.66. The minimum Gasteiger partial charge on any atom is -0.497 e. The summed E-state index contributed by atoms with van der Waals surface area (Å²) in [5, 5.41) is 7.34. The SMILES string of the molecule is COc1cccc(CCC(=O)Nc2cnn(-c3ncncc3N3CCC(C)CC3)c2)c1. The maximum Gasteiger partial charge on any atom is 0.224 e. The number of hydrogen-bond acceptors (Lipinski definition) is 6. The number of methoxy groups -OCH3 is 1. The maximum atomic E-state index is 12.4. The van der Waals surface area contributed by atoms with Gasteiger partial charge in [0.25, 0.3) is 0 Å². The zero-order valence-corrected chi connectivity index (χ0v) is 18.0. The number of carbonyl (C=O) groups is 1. The Bertz CT molecular complexity index is 1030. The first-order valence-electron chi connectivity index (χ1n) is 10.6. The monoisotopic (exact) mass is 420 g/mol. The van der Waals surface area contributed by atoms with Crippen molar-refractivity contribution in [2.45, 2.75) is 32.6 Å². The van der Waals surface area contributed by atoms with E-state index in [9.17, 15) is 4.79 Å². The molecule has 0 spiro atoms. The summed E-state index contributed by atoms with van der Waals surface area (Å²) in [5.74, 6) is 2.20. The summed E-state index contributed by atoms with van der Waals surface area (Å²) in [6.07, 6.45) is 10.1. The van der Waals surface area contributed by atoms with Gasteiger partial charge in [-0.3, -0.25) is 4.79 Å². The highest BCUT2D eigenvalue weighted by molar-refractivity contribution is 5.90. The zero-order chi connectivity index (χ0) is 21.6. The van der Waals surface area contributed by atoms with Crippen LogP contribution < -0.4 is 15.0 Å². The molecule has 0 radical (unpaired) electrons. The van der Waals surface area contributed by atoms with Gasteiger partial charge < -0.3 is 15.0 Å². The predicted octanol–water partition coefficient (Wildman–Crippen LogP) is 3.48. The lowest BCUT2D eigenvalue weighted by molar-refractivity contribution is -0.116. The third kappa shape index (κ3) is 5.20. The van der Waals surface area contributed by atoms with Crippen LogP contribution >= 0.6 is 0 Å². The lowest BCUT2D eigenvalue weighted by atomic mass is 9.99. The van der Waals surface area contributed by atoms with Gasteiger partial charge in [-0.05, 0) is 42.9 Å². The van der Waals surface area contributed by atoms with Gasteiger partial charge in [0.2, 0.25) is 5.91 Å². The molecule has 1 aliphatic rings. The predicted molar refractivity (Wildman–Crippen MR) is 120 cm³/mol. The average Bonchev–Trinajstić information content (AvgIpc) is 3.26. The number of hydrogen-bond donors (Lipinski definition) is 1. The Hall–Kier alpha value is -3.42. The molecule has 1 N–H and O–H groups in total. The van der Waals surface area contributed by atoms with Gasteiger partial charge in [-0.1, -0.05) is 19.1 Å². The number of piperidine rings is 1. The van der Waals surface area contributed by atoms with E-state index in [4.69, 9.17) is 4.74 Å². The van der Waals surface area contributed by atoms with Crippen molar-refractivity contribution in [3.8, 4) is 11.6 Å². The molecule has 1 amide bonds. The molecule has 3 heterocycles. The smallest absolute Gasteiger partial charge is 0.224 e. The first-order chi connectivity index (χ1) is 15.1. The lowest BCUT2D eigenvalue weighted by Gasteiger charge is -2.32. The Morgan fingerprint density at radius 2 is 2.10 bits per heavy atom. The molecular weight excluding hydrogens is 392 g/mol. The Morgan fingerprint density at radius 1 is 1.26 bits per heavy atom. The van der Waals surface area contributed by atoms with E-state index in [1.54, 1.807) is 24.2 Å². The van der Waals surface area contributed by atoms with E-state index in [-0.39, 0.29) is 5.91 Å². The molecule has 162 valence electrons. The van der Waals surface area contributed by atoms with Gasteiger partial charge in [0.05, 0.1) is 31.4 Å². The number of rotatable bonds is 7. The van der Waals surface area contributed by atoms with Gasteiger partial charge in [-0.2, -0.15) is 5.10 Å². The Morgan fingerprint density at radius 3 is 2.90 bits per heavy atom. The van der Waals surface area contributed by atoms with E-state index in [1.807, 2.05) is 30.5 Å². The fraction of sp³-hybridized carbons (Fsp3) is 0.391. The second-order valence-electron chi connectivity index (χ2n) is 7.97. The molecule has 8 heteroatoms. The van der Waals surface area contributed by atoms with E-state index < -0.39 is 0 Å². The molecule has 31 heavy (non-hydrogen) atoms. The molecule has 0 atom stereocenters. The molecular formula is C23H28N6O2. The molecule has 0 unspecified atom stereocenters. The highest BCUT2D eigenvalue weighted by Crippen LogP contribution is 2.27. The summed E-state index contributed by atoms with van der Waals surface area (Å²) < 4.78 is 6.94. The lowest BCUT2D eigenvalue weighted by Crippen LogP contribution is -2.33. The largest absolute Gasteiger partial charge is 0.497 e. The van der Waals surface area contributed by atoms with Crippen molar-refractivity contribution in [3.63, 3.8) is 0 Å². The summed E-state index contributed by atoms with van der Waals surface area (Å²) >= 11 is 0. The first-order valence-corrected chi connectivity index (χ1v) is 10.6. The molecule has 8 nitrogen and oxygen atoms in total. The summed E-state index contributed by atoms with van der Waals surface area (Å²) in [4.78, 5) is 23.4. The van der Waals surface area contributed by atoms with Gasteiger partial charge in [0.1, 0.15) is 17.8 Å². The quantitative estimate of drug-likeness (QED) is 0.630. The second-order valence-corrected chi connectivity index (χ2v) is 7.97. The van der Waals surface area contributed by atoms with E-state index in [2.05, 4.69) is 32.2 Å². The third-order valence-corrected chi connectivity index (χ3v) is 5.66. The molecule has 1 saturated heterocycles. The van der Waals surface area contributed by atoms with Crippen LogP contribution in [0.15, 0.2) is 49.2 Å². The minimum absolute atomic E-state index is 0.0599. The number of ether oxygens (including phenoxy) is 1. The van der Waals surface area contributed by atoms with Crippen molar-refractivity contribution < 1.29 is 9.53 Å². The van der Waals surface area contributed by atoms with E-state index in [1.165, 1.54) is 6.33 Å². The minimum atomic E-state index is -0.0599. The molecule has 0 bridgehead atoms. The van der Waals surface area contributed by atoms with Crippen LogP contribution in [0.4, 0.5) is 11.4 Å². The fourth-order valence-electron chi connectivity index (χ4n) is 3.78. The molecule has 0 saturated carbocycles. The van der Waals surface area contributed by atoms with Crippen LogP contribution in [0.5, 0.6) is 5.75 Å². The van der Waals surface area contributed by atoms with Gasteiger partial charge in [-0.15, -0.1) is 0 Å². The average molecular weight is 421 g/mol. The molecule has 1 aliphatic heterocycles. The standard InChI is InChI=1S/C23H28N6O2/c1-17-8-10-28(11-9-17)21-14-24-16-25-23(21)29-15-19(13-26-29)27-22(30)7-6-18-4-3-5-20(12-18)31-2/h3-5,12-17H,6-11H2,1-2H3,(H,27,30). The number of amides is 1. The van der Waals surface area contributed by atoms with E-state index >= 15 is 0 Å². The number of nitrogens with zero attached hydrogens (tertiary/aromatic N) is 5. The number of nitrogens with one attached hydrogen (secondary N) is 1. The summed E-state index contributed by atoms with van der Waals surface area (Å²) in [7, 11) is 1.64. The zero-order valence-electron chi connectivity index (χ0n) is 18.0. The molecule has 4 rings (SSSR count). The van der Waals surface area contributed by atoms with Crippen LogP contribution in [0.2, 0.25) is 0 Å². The molecule has 1 fully saturated rings. The fourth-order valence-corrected chi connectivity index (χ4v) is 3.78. The molecule has 0 aliphatic carbocycles. The van der Waals surface area contributed by atoms with Crippen LogP contribution in [-0.2, 0) is 11.2 Å². The first kappa shape index (κ1) is 20.8. The number of benzene rings is 1. The summed E-state index contributed by atoms with van der Waals surface area (Å²) in [5.41, 5.74) is 2.67. The van der Waals surface area contributed by atoms with Crippen molar-refractivity contribution in [1.29, 1.82) is 0 Å². The topological polar surface area (TPSA) is 85.2 Å². The van der Waals surface area contributed by atoms with Crippen molar-refractivity contribution >= 4 is 17.3 Å². The maximum absolute atomic E-state index is 12.4. The van der Waals surface area contributed by atoms with Crippen LogP contribution in [0.1, 0.15) is 31.7 Å². The van der Waals surface area contributed by atoms with Gasteiger partial charge >= 0.3 is 0 Å².